The predicted molar refractivity (Wildman–Crippen MR) is 96.8 cm³/mol. The van der Waals surface area contributed by atoms with Crippen molar-refractivity contribution in [1.82, 2.24) is 9.78 Å². The normalized spacial score (nSPS) is 12.2. The zero-order chi connectivity index (χ0) is 24.0. The molecule has 0 aliphatic carbocycles. The molecule has 0 aliphatic rings. The van der Waals surface area contributed by atoms with Gasteiger partial charge in [0.25, 0.3) is 0 Å². The summed E-state index contributed by atoms with van der Waals surface area (Å²) < 4.78 is 94.8. The van der Waals surface area contributed by atoms with Gasteiger partial charge in [-0.25, -0.2) is 17.6 Å². The third kappa shape index (κ3) is 4.37. The average Bonchev–Trinajstić information content (AvgIpc) is 2.93. The Morgan fingerprint density at radius 3 is 1.91 bits per heavy atom. The molecule has 177 valence electrons. The number of carbonyl (C=O) groups excluding carboxylic acids is 1. The molecule has 0 unspecified atom stereocenters. The van der Waals surface area contributed by atoms with E-state index in [0.717, 1.165) is 6.92 Å². The molecular formula is C20H15CuF7N2O2. The summed E-state index contributed by atoms with van der Waals surface area (Å²) in [5.74, 6) is -12.5. The Balaban J connectivity index is 0.00000512. The summed E-state index contributed by atoms with van der Waals surface area (Å²) >= 11 is 0. The van der Waals surface area contributed by atoms with Crippen LogP contribution >= 0.6 is 0 Å². The van der Waals surface area contributed by atoms with Gasteiger partial charge in [-0.1, -0.05) is 19.2 Å². The predicted octanol–water partition coefficient (Wildman–Crippen LogP) is 5.72. The number of aromatic nitrogens is 2. The number of allylic oxidation sites excluding steroid dienone is 4. The SMILES string of the molecule is C=C/C(C)=C(\C(=C)C)C(=O)c1c(C)nn(-c2c(F)c(F)c(C(F)(F)F)c(F)c2F)c1O.[Cu]. The minimum Gasteiger partial charge on any atom is -0.493 e. The Bertz CT molecular complexity index is 1130. The van der Waals surface area contributed by atoms with E-state index in [1.54, 1.807) is 0 Å². The van der Waals surface area contributed by atoms with Crippen LogP contribution in [0.4, 0.5) is 30.7 Å². The van der Waals surface area contributed by atoms with Crippen LogP contribution in [0.3, 0.4) is 0 Å². The third-order valence-corrected chi connectivity index (χ3v) is 4.35. The van der Waals surface area contributed by atoms with Gasteiger partial charge in [0, 0.05) is 22.6 Å². The second-order valence-corrected chi connectivity index (χ2v) is 6.54. The molecule has 12 heteroatoms. The molecule has 1 radical (unpaired) electrons. The van der Waals surface area contributed by atoms with Gasteiger partial charge in [0.15, 0.2) is 23.3 Å². The van der Waals surface area contributed by atoms with E-state index >= 15 is 0 Å². The van der Waals surface area contributed by atoms with Gasteiger partial charge in [-0.05, 0) is 31.9 Å². The Morgan fingerprint density at radius 1 is 1.06 bits per heavy atom. The van der Waals surface area contributed by atoms with Crippen LogP contribution in [0.25, 0.3) is 5.69 Å². The molecule has 1 heterocycles. The summed E-state index contributed by atoms with van der Waals surface area (Å²) in [7, 11) is 0. The van der Waals surface area contributed by atoms with Crippen LogP contribution < -0.4 is 0 Å². The number of nitrogens with zero attached hydrogens (tertiary/aromatic N) is 2. The van der Waals surface area contributed by atoms with Crippen LogP contribution in [-0.4, -0.2) is 20.7 Å². The molecule has 0 amide bonds. The molecule has 1 aromatic carbocycles. The van der Waals surface area contributed by atoms with Gasteiger partial charge < -0.3 is 5.11 Å². The minimum atomic E-state index is -5.74. The number of rotatable bonds is 5. The van der Waals surface area contributed by atoms with Crippen molar-refractivity contribution < 1.29 is 57.7 Å². The van der Waals surface area contributed by atoms with Crippen molar-refractivity contribution in [2.24, 2.45) is 0 Å². The van der Waals surface area contributed by atoms with Gasteiger partial charge in [-0.3, -0.25) is 4.79 Å². The van der Waals surface area contributed by atoms with Crippen LogP contribution in [0, 0.1) is 30.2 Å². The maximum absolute atomic E-state index is 14.3. The third-order valence-electron chi connectivity index (χ3n) is 4.35. The Labute approximate surface area is 188 Å². The molecule has 32 heavy (non-hydrogen) atoms. The molecule has 0 atom stereocenters. The van der Waals surface area contributed by atoms with E-state index in [0.29, 0.717) is 5.57 Å². The largest absolute Gasteiger partial charge is 0.493 e. The number of aryl methyl sites for hydroxylation is 1. The summed E-state index contributed by atoms with van der Waals surface area (Å²) in [6.07, 6.45) is -4.43. The Hall–Kier alpha value is -2.85. The number of Topliss-reactive ketones (excluding diaryl/α,β-unsaturated/α-hetero) is 1. The maximum Gasteiger partial charge on any atom is 0.422 e. The molecule has 4 nitrogen and oxygen atoms in total. The van der Waals surface area contributed by atoms with Crippen LogP contribution in [-0.2, 0) is 23.2 Å². The van der Waals surface area contributed by atoms with Crippen molar-refractivity contribution in [3.05, 3.63) is 76.0 Å². The van der Waals surface area contributed by atoms with E-state index in [2.05, 4.69) is 18.3 Å². The van der Waals surface area contributed by atoms with Crippen LogP contribution in [0.15, 0.2) is 36.0 Å². The molecule has 2 aromatic rings. The first-order chi connectivity index (χ1) is 14.2. The number of aromatic hydroxyl groups is 1. The van der Waals surface area contributed by atoms with Crippen molar-refractivity contribution in [1.29, 1.82) is 0 Å². The van der Waals surface area contributed by atoms with Crippen molar-refractivity contribution in [2.45, 2.75) is 26.9 Å². The van der Waals surface area contributed by atoms with Crippen molar-refractivity contribution in [3.8, 4) is 11.6 Å². The van der Waals surface area contributed by atoms with E-state index in [4.69, 9.17) is 0 Å². The number of carbonyl (C=O) groups is 1. The summed E-state index contributed by atoms with van der Waals surface area (Å²) in [5, 5.41) is 13.9. The second-order valence-electron chi connectivity index (χ2n) is 6.54. The fraction of sp³-hybridized carbons (Fsp3) is 0.200. The van der Waals surface area contributed by atoms with Crippen molar-refractivity contribution in [3.63, 3.8) is 0 Å². The van der Waals surface area contributed by atoms with E-state index < -0.39 is 57.9 Å². The van der Waals surface area contributed by atoms with Crippen molar-refractivity contribution >= 4 is 5.78 Å². The number of hydrogen-bond acceptors (Lipinski definition) is 3. The van der Waals surface area contributed by atoms with Gasteiger partial charge >= 0.3 is 6.18 Å². The van der Waals surface area contributed by atoms with E-state index in [1.807, 2.05) is 0 Å². The molecule has 0 bridgehead atoms. The van der Waals surface area contributed by atoms with Gasteiger partial charge in [-0.15, -0.1) is 0 Å². The summed E-state index contributed by atoms with van der Waals surface area (Å²) in [5.41, 5.74) is -4.93. The summed E-state index contributed by atoms with van der Waals surface area (Å²) in [6, 6.07) is 0. The van der Waals surface area contributed by atoms with Gasteiger partial charge in [-0.2, -0.15) is 23.0 Å². The number of ketones is 1. The fourth-order valence-corrected chi connectivity index (χ4v) is 2.93. The van der Waals surface area contributed by atoms with Crippen LogP contribution in [0.1, 0.15) is 35.5 Å². The summed E-state index contributed by atoms with van der Waals surface area (Å²) in [4.78, 5) is 12.9. The topological polar surface area (TPSA) is 55.1 Å². The smallest absolute Gasteiger partial charge is 0.422 e. The molecule has 0 saturated heterocycles. The molecule has 2 rings (SSSR count). The zero-order valence-electron chi connectivity index (χ0n) is 16.7. The number of alkyl halides is 3. The van der Waals surface area contributed by atoms with E-state index in [1.165, 1.54) is 19.9 Å². The second kappa shape index (κ2) is 9.33. The van der Waals surface area contributed by atoms with E-state index in [9.17, 15) is 40.6 Å². The van der Waals surface area contributed by atoms with Crippen LogP contribution in [0.5, 0.6) is 5.88 Å². The first kappa shape index (κ1) is 27.2. The van der Waals surface area contributed by atoms with E-state index in [-0.39, 0.29) is 38.6 Å². The first-order valence-electron chi connectivity index (χ1n) is 8.42. The standard InChI is InChI=1S/C20H15F7N2O2.Cu/c1-6-8(4)10(7(2)3)18(30)11-9(5)28-29(19(11)31)17-15(23)13(21)12(20(25,26)27)14(22)16(17)24;/h6,31H,1-2H2,3-5H3;/b10-8+;. The summed E-state index contributed by atoms with van der Waals surface area (Å²) in [6.45, 7) is 11.2. The molecular weight excluding hydrogens is 497 g/mol. The average molecular weight is 512 g/mol. The Morgan fingerprint density at radius 2 is 1.53 bits per heavy atom. The monoisotopic (exact) mass is 511 g/mol. The van der Waals surface area contributed by atoms with Gasteiger partial charge in [0.1, 0.15) is 16.8 Å². The molecule has 1 N–H and O–H groups in total. The van der Waals surface area contributed by atoms with Crippen LogP contribution in [0.2, 0.25) is 0 Å². The number of benzene rings is 1. The fourth-order valence-electron chi connectivity index (χ4n) is 2.93. The number of halogens is 7. The maximum atomic E-state index is 14.3. The molecule has 0 fully saturated rings. The molecule has 0 saturated carbocycles. The first-order valence-corrected chi connectivity index (χ1v) is 8.42. The molecule has 0 spiro atoms. The molecule has 1 aromatic heterocycles. The molecule has 0 aliphatic heterocycles. The van der Waals surface area contributed by atoms with Gasteiger partial charge in [0.05, 0.1) is 5.69 Å². The van der Waals surface area contributed by atoms with Gasteiger partial charge in [0.2, 0.25) is 11.7 Å². The zero-order valence-corrected chi connectivity index (χ0v) is 17.6. The minimum absolute atomic E-state index is 0. The number of hydrogen-bond donors (Lipinski definition) is 1. The Kier molecular flexibility index (Phi) is 7.93. The van der Waals surface area contributed by atoms with Crippen molar-refractivity contribution in [2.75, 3.05) is 0 Å². The quantitative estimate of drug-likeness (QED) is 0.139.